The molecule has 33 heavy (non-hydrogen) atoms. The number of carbonyl (C=O) groups excluding carboxylic acids is 1. The fourth-order valence-electron chi connectivity index (χ4n) is 4.66. The van der Waals surface area contributed by atoms with E-state index in [0.717, 1.165) is 33.2 Å². The van der Waals surface area contributed by atoms with Crippen LogP contribution in [0.1, 0.15) is 43.2 Å². The first-order valence-corrected chi connectivity index (χ1v) is 11.8. The van der Waals surface area contributed by atoms with E-state index in [1.54, 1.807) is 7.11 Å². The molecule has 2 aliphatic rings. The number of allylic oxidation sites excluding steroid dienone is 3. The Morgan fingerprint density at radius 3 is 2.48 bits per heavy atom. The molecule has 2 heterocycles. The highest BCUT2D eigenvalue weighted by molar-refractivity contribution is 7.11. The Hall–Kier alpha value is -3.38. The second-order valence-electron chi connectivity index (χ2n) is 9.27. The Bertz CT molecular complexity index is 1270. The average Bonchev–Trinajstić information content (AvgIpc) is 3.28. The number of hydrogen-bond acceptors (Lipinski definition) is 6. The molecule has 5 nitrogen and oxygen atoms in total. The molecular formula is C27H26N2O3S. The van der Waals surface area contributed by atoms with Crippen LogP contribution in [0, 0.1) is 5.41 Å². The van der Waals surface area contributed by atoms with Crippen LogP contribution < -0.4 is 10.5 Å². The molecule has 168 valence electrons. The van der Waals surface area contributed by atoms with Gasteiger partial charge in [0.1, 0.15) is 16.5 Å². The van der Waals surface area contributed by atoms with Crippen LogP contribution in [0.25, 0.3) is 16.8 Å². The van der Waals surface area contributed by atoms with Gasteiger partial charge in [0, 0.05) is 35.3 Å². The number of nitrogens with two attached hydrogens (primary N) is 1. The van der Waals surface area contributed by atoms with Crippen molar-refractivity contribution in [3.05, 3.63) is 87.8 Å². The zero-order chi connectivity index (χ0) is 23.2. The molecule has 0 bridgehead atoms. The molecule has 3 aromatic rings. The maximum absolute atomic E-state index is 13.4. The molecule has 1 aliphatic carbocycles. The van der Waals surface area contributed by atoms with E-state index in [-0.39, 0.29) is 17.1 Å². The lowest BCUT2D eigenvalue weighted by Crippen LogP contribution is -2.33. The normalized spacial score (nSPS) is 19.8. The van der Waals surface area contributed by atoms with Crippen LogP contribution in [0.15, 0.2) is 77.2 Å². The highest BCUT2D eigenvalue weighted by Crippen LogP contribution is 2.51. The van der Waals surface area contributed by atoms with Crippen molar-refractivity contribution in [2.45, 2.75) is 32.6 Å². The summed E-state index contributed by atoms with van der Waals surface area (Å²) in [5.74, 6) is 1.52. The fourth-order valence-corrected chi connectivity index (χ4v) is 5.57. The van der Waals surface area contributed by atoms with Crippen molar-refractivity contribution < 1.29 is 14.3 Å². The van der Waals surface area contributed by atoms with Crippen molar-refractivity contribution in [2.75, 3.05) is 7.11 Å². The predicted octanol–water partition coefficient (Wildman–Crippen LogP) is 5.90. The highest BCUT2D eigenvalue weighted by atomic mass is 32.1. The molecule has 0 fully saturated rings. The van der Waals surface area contributed by atoms with E-state index in [1.165, 1.54) is 11.3 Å². The van der Waals surface area contributed by atoms with E-state index in [2.05, 4.69) is 13.8 Å². The molecule has 1 unspecified atom stereocenters. The number of carbonyl (C=O) groups is 1. The van der Waals surface area contributed by atoms with Crippen molar-refractivity contribution in [3.8, 4) is 17.0 Å². The summed E-state index contributed by atoms with van der Waals surface area (Å²) in [6, 6.07) is 17.8. The lowest BCUT2D eigenvalue weighted by Gasteiger charge is -2.38. The van der Waals surface area contributed by atoms with Crippen LogP contribution in [0.3, 0.4) is 0 Å². The highest BCUT2D eigenvalue weighted by Gasteiger charge is 2.43. The smallest absolute Gasteiger partial charge is 0.197 e. The number of benzene rings is 2. The van der Waals surface area contributed by atoms with Gasteiger partial charge in [0.15, 0.2) is 11.7 Å². The monoisotopic (exact) mass is 458 g/mol. The number of thiazole rings is 1. The van der Waals surface area contributed by atoms with Gasteiger partial charge in [0.2, 0.25) is 0 Å². The lowest BCUT2D eigenvalue weighted by atomic mass is 9.70. The van der Waals surface area contributed by atoms with Gasteiger partial charge in [-0.25, -0.2) is 4.98 Å². The second kappa shape index (κ2) is 8.19. The number of ketones is 1. The third-order valence-electron chi connectivity index (χ3n) is 6.21. The van der Waals surface area contributed by atoms with Crippen molar-refractivity contribution >= 4 is 22.7 Å². The SMILES string of the molecule is COc1ccc(C2C3=C(CC(C)(C)CC3=O)OC(N)=C2c2nc(-c3ccccc3)cs2)cc1. The van der Waals surface area contributed by atoms with Gasteiger partial charge in [-0.2, -0.15) is 0 Å². The molecule has 0 saturated heterocycles. The zero-order valence-corrected chi connectivity index (χ0v) is 19.7. The molecule has 0 saturated carbocycles. The summed E-state index contributed by atoms with van der Waals surface area (Å²) < 4.78 is 11.5. The number of ether oxygens (including phenoxy) is 2. The third-order valence-corrected chi connectivity index (χ3v) is 7.08. The standard InChI is InChI=1S/C27H26N2O3S/c1-27(2)13-20(30)23-21(14-27)32-25(28)24(22(23)17-9-11-18(31-3)12-10-17)26-29-19(15-33-26)16-7-5-4-6-8-16/h4-12,15,22H,13-14,28H2,1-3H3. The van der Waals surface area contributed by atoms with Crippen molar-refractivity contribution in [1.82, 2.24) is 4.98 Å². The number of methoxy groups -OCH3 is 1. The summed E-state index contributed by atoms with van der Waals surface area (Å²) in [5, 5.41) is 2.78. The van der Waals surface area contributed by atoms with Gasteiger partial charge in [-0.1, -0.05) is 56.3 Å². The number of hydrogen-bond donors (Lipinski definition) is 1. The Morgan fingerprint density at radius 1 is 1.06 bits per heavy atom. The number of nitrogens with zero attached hydrogens (tertiary/aromatic N) is 1. The Morgan fingerprint density at radius 2 is 1.79 bits per heavy atom. The molecule has 1 aromatic heterocycles. The molecule has 6 heteroatoms. The fraction of sp³-hybridized carbons (Fsp3) is 0.259. The maximum Gasteiger partial charge on any atom is 0.197 e. The topological polar surface area (TPSA) is 74.4 Å². The van der Waals surface area contributed by atoms with E-state index in [4.69, 9.17) is 20.2 Å². The molecular weight excluding hydrogens is 432 g/mol. The Kier molecular flexibility index (Phi) is 5.33. The summed E-state index contributed by atoms with van der Waals surface area (Å²) >= 11 is 1.51. The Labute approximate surface area is 197 Å². The minimum atomic E-state index is -0.335. The van der Waals surface area contributed by atoms with Crippen molar-refractivity contribution in [2.24, 2.45) is 11.1 Å². The zero-order valence-electron chi connectivity index (χ0n) is 18.9. The first-order valence-electron chi connectivity index (χ1n) is 11.0. The van der Waals surface area contributed by atoms with Gasteiger partial charge in [-0.3, -0.25) is 4.79 Å². The van der Waals surface area contributed by atoms with Gasteiger partial charge >= 0.3 is 0 Å². The maximum atomic E-state index is 13.4. The molecule has 2 N–H and O–H groups in total. The van der Waals surface area contributed by atoms with Crippen LogP contribution in [-0.4, -0.2) is 17.9 Å². The minimum absolute atomic E-state index is 0.104. The average molecular weight is 459 g/mol. The Balaban J connectivity index is 1.65. The van der Waals surface area contributed by atoms with Gasteiger partial charge in [0.05, 0.1) is 18.4 Å². The van der Waals surface area contributed by atoms with Gasteiger partial charge in [-0.05, 0) is 23.1 Å². The predicted molar refractivity (Wildman–Crippen MR) is 131 cm³/mol. The first-order chi connectivity index (χ1) is 15.9. The van der Waals surface area contributed by atoms with E-state index in [0.29, 0.717) is 30.1 Å². The summed E-state index contributed by atoms with van der Waals surface area (Å²) in [7, 11) is 1.64. The quantitative estimate of drug-likeness (QED) is 0.527. The van der Waals surface area contributed by atoms with Crippen LogP contribution in [0.5, 0.6) is 5.75 Å². The number of Topliss-reactive ketones (excluding diaryl/α,β-unsaturated/α-hetero) is 1. The largest absolute Gasteiger partial charge is 0.497 e. The molecule has 0 amide bonds. The molecule has 0 radical (unpaired) electrons. The van der Waals surface area contributed by atoms with Gasteiger partial charge in [-0.15, -0.1) is 11.3 Å². The second-order valence-corrected chi connectivity index (χ2v) is 10.1. The van der Waals surface area contributed by atoms with Crippen molar-refractivity contribution in [3.63, 3.8) is 0 Å². The van der Waals surface area contributed by atoms with Crippen LogP contribution in [0.4, 0.5) is 0 Å². The van der Waals surface area contributed by atoms with E-state index in [9.17, 15) is 4.79 Å². The number of aromatic nitrogens is 1. The van der Waals surface area contributed by atoms with E-state index < -0.39 is 0 Å². The first kappa shape index (κ1) is 21.5. The summed E-state index contributed by atoms with van der Waals surface area (Å²) in [4.78, 5) is 18.3. The lowest BCUT2D eigenvalue weighted by molar-refractivity contribution is -0.118. The number of rotatable bonds is 4. The molecule has 0 spiro atoms. The van der Waals surface area contributed by atoms with E-state index in [1.807, 2.05) is 60.0 Å². The summed E-state index contributed by atoms with van der Waals surface area (Å²) in [6.45, 7) is 4.17. The molecule has 2 aromatic carbocycles. The summed E-state index contributed by atoms with van der Waals surface area (Å²) in [6.07, 6.45) is 1.14. The van der Waals surface area contributed by atoms with Gasteiger partial charge < -0.3 is 15.2 Å². The minimum Gasteiger partial charge on any atom is -0.497 e. The van der Waals surface area contributed by atoms with Crippen LogP contribution >= 0.6 is 11.3 Å². The molecule has 1 aliphatic heterocycles. The molecule has 1 atom stereocenters. The van der Waals surface area contributed by atoms with E-state index >= 15 is 0 Å². The van der Waals surface area contributed by atoms with Crippen LogP contribution in [-0.2, 0) is 9.53 Å². The third kappa shape index (κ3) is 3.95. The van der Waals surface area contributed by atoms with Gasteiger partial charge in [0.25, 0.3) is 0 Å². The van der Waals surface area contributed by atoms with Crippen molar-refractivity contribution in [1.29, 1.82) is 0 Å². The van der Waals surface area contributed by atoms with Crippen LogP contribution in [0.2, 0.25) is 0 Å². The summed E-state index contributed by atoms with van der Waals surface area (Å²) in [5.41, 5.74) is 10.7. The molecule has 5 rings (SSSR count).